The van der Waals surface area contributed by atoms with Gasteiger partial charge >= 0.3 is 5.97 Å². The van der Waals surface area contributed by atoms with Crippen LogP contribution < -0.4 is 20.1 Å². The molecule has 4 rings (SSSR count). The zero-order valence-electron chi connectivity index (χ0n) is 15.2. The van der Waals surface area contributed by atoms with Crippen molar-refractivity contribution in [3.8, 4) is 11.5 Å². The van der Waals surface area contributed by atoms with Crippen LogP contribution >= 0.6 is 0 Å². The lowest BCUT2D eigenvalue weighted by molar-refractivity contribution is -0.140. The molecule has 142 valence electrons. The molecule has 2 aliphatic rings. The minimum absolute atomic E-state index is 0.149. The van der Waals surface area contributed by atoms with Crippen molar-refractivity contribution >= 4 is 17.5 Å². The van der Waals surface area contributed by atoms with Crippen LogP contribution in [0.5, 0.6) is 11.5 Å². The lowest BCUT2D eigenvalue weighted by atomic mass is 10.2. The van der Waals surface area contributed by atoms with Crippen molar-refractivity contribution in [3.05, 3.63) is 65.6 Å². The molecule has 0 unspecified atom stereocenters. The van der Waals surface area contributed by atoms with Gasteiger partial charge in [-0.1, -0.05) is 5.59 Å². The van der Waals surface area contributed by atoms with Crippen molar-refractivity contribution in [2.45, 2.75) is 6.92 Å². The van der Waals surface area contributed by atoms with E-state index >= 15 is 0 Å². The molecule has 0 atom stereocenters. The molecule has 1 N–H and O–H groups in total. The molecule has 0 aromatic heterocycles. The van der Waals surface area contributed by atoms with E-state index in [0.29, 0.717) is 18.1 Å². The molecule has 1 fully saturated rings. The Hall–Kier alpha value is -3.72. The number of carbonyl (C=O) groups is 1. The number of aliphatic imine (C=N–C) groups is 1. The fourth-order valence-electron chi connectivity index (χ4n) is 2.71. The van der Waals surface area contributed by atoms with E-state index in [1.54, 1.807) is 43.5 Å². The van der Waals surface area contributed by atoms with E-state index in [4.69, 9.17) is 14.3 Å². The van der Waals surface area contributed by atoms with Crippen molar-refractivity contribution < 1.29 is 19.1 Å². The highest BCUT2D eigenvalue weighted by Crippen LogP contribution is 2.29. The van der Waals surface area contributed by atoms with Crippen LogP contribution in [0.3, 0.4) is 0 Å². The van der Waals surface area contributed by atoms with Crippen LogP contribution in [0.4, 0.5) is 5.69 Å². The molecule has 0 saturated carbocycles. The van der Waals surface area contributed by atoms with Gasteiger partial charge in [-0.25, -0.2) is 14.8 Å². The summed E-state index contributed by atoms with van der Waals surface area (Å²) in [5, 5.41) is 9.60. The maximum absolute atomic E-state index is 12.2. The molecule has 9 heteroatoms. The van der Waals surface area contributed by atoms with Crippen LogP contribution in [-0.2, 0) is 9.63 Å². The Bertz CT molecular complexity index is 980. The first kappa shape index (κ1) is 17.7. The SMILES string of the molecule is CCOc1ccc(N2NOC(=O)/C2=C2/N=NC(c3ccc(OC)cc3)=N2)cc1. The molecule has 0 amide bonds. The molecule has 2 aliphatic heterocycles. The second-order valence-electron chi connectivity index (χ2n) is 5.78. The zero-order chi connectivity index (χ0) is 19.5. The Labute approximate surface area is 160 Å². The van der Waals surface area contributed by atoms with Gasteiger partial charge in [-0.3, -0.25) is 0 Å². The molecule has 0 aliphatic carbocycles. The van der Waals surface area contributed by atoms with Gasteiger partial charge in [-0.15, -0.1) is 10.2 Å². The Kier molecular flexibility index (Phi) is 4.73. The smallest absolute Gasteiger partial charge is 0.380 e. The standard InChI is InChI=1S/C19H17N5O4/c1-3-27-15-10-6-13(7-11-15)24-16(19(25)28-23-24)18-20-17(21-22-18)12-4-8-14(26-2)9-5-12/h4-11,23H,3H2,1-2H3/b18-16-. The first-order chi connectivity index (χ1) is 13.7. The lowest BCUT2D eigenvalue weighted by Crippen LogP contribution is -2.29. The van der Waals surface area contributed by atoms with E-state index in [2.05, 4.69) is 20.8 Å². The molecule has 1 saturated heterocycles. The number of carbonyl (C=O) groups excluding carboxylic acids is 1. The molecule has 28 heavy (non-hydrogen) atoms. The largest absolute Gasteiger partial charge is 0.497 e. The first-order valence-corrected chi connectivity index (χ1v) is 8.58. The van der Waals surface area contributed by atoms with Crippen LogP contribution in [0.2, 0.25) is 0 Å². The minimum atomic E-state index is -0.595. The van der Waals surface area contributed by atoms with Crippen LogP contribution in [0, 0.1) is 0 Å². The van der Waals surface area contributed by atoms with Gasteiger partial charge in [-0.2, -0.15) is 0 Å². The number of nitrogens with one attached hydrogen (secondary N) is 1. The number of anilines is 1. The summed E-state index contributed by atoms with van der Waals surface area (Å²) in [5.74, 6) is 1.42. The van der Waals surface area contributed by atoms with Crippen molar-refractivity contribution in [2.75, 3.05) is 18.7 Å². The summed E-state index contributed by atoms with van der Waals surface area (Å²) in [6.45, 7) is 2.48. The number of ether oxygens (including phenoxy) is 2. The van der Waals surface area contributed by atoms with E-state index in [1.165, 1.54) is 5.01 Å². The molecule has 0 radical (unpaired) electrons. The molecule has 9 nitrogen and oxygen atoms in total. The van der Waals surface area contributed by atoms with Gasteiger partial charge in [0.2, 0.25) is 5.82 Å². The molecule has 2 heterocycles. The fourth-order valence-corrected chi connectivity index (χ4v) is 2.71. The van der Waals surface area contributed by atoms with Crippen molar-refractivity contribution in [1.82, 2.24) is 5.59 Å². The molecular weight excluding hydrogens is 362 g/mol. The minimum Gasteiger partial charge on any atom is -0.497 e. The zero-order valence-corrected chi connectivity index (χ0v) is 15.2. The third-order valence-corrected chi connectivity index (χ3v) is 4.06. The highest BCUT2D eigenvalue weighted by Gasteiger charge is 2.34. The summed E-state index contributed by atoms with van der Waals surface area (Å²) in [6, 6.07) is 14.4. The summed E-state index contributed by atoms with van der Waals surface area (Å²) < 4.78 is 10.6. The van der Waals surface area contributed by atoms with Crippen LogP contribution in [0.15, 0.2) is 75.3 Å². The summed E-state index contributed by atoms with van der Waals surface area (Å²) in [4.78, 5) is 21.6. The van der Waals surface area contributed by atoms with Crippen molar-refractivity contribution in [3.63, 3.8) is 0 Å². The molecule has 2 aromatic carbocycles. The van der Waals surface area contributed by atoms with Crippen LogP contribution in [0.25, 0.3) is 0 Å². The summed E-state index contributed by atoms with van der Waals surface area (Å²) in [5.41, 5.74) is 4.14. The Morgan fingerprint density at radius 3 is 2.43 bits per heavy atom. The average Bonchev–Trinajstić information content (AvgIpc) is 3.35. The predicted octanol–water partition coefficient (Wildman–Crippen LogP) is 2.96. The molecule has 0 bridgehead atoms. The van der Waals surface area contributed by atoms with Gasteiger partial charge < -0.3 is 14.3 Å². The molecule has 0 spiro atoms. The van der Waals surface area contributed by atoms with Gasteiger partial charge in [-0.05, 0) is 55.5 Å². The summed E-state index contributed by atoms with van der Waals surface area (Å²) >= 11 is 0. The molecule has 2 aromatic rings. The monoisotopic (exact) mass is 379 g/mol. The molecular formula is C19H17N5O4. The second-order valence-corrected chi connectivity index (χ2v) is 5.78. The van der Waals surface area contributed by atoms with Crippen LogP contribution in [0.1, 0.15) is 12.5 Å². The van der Waals surface area contributed by atoms with Gasteiger partial charge in [0.1, 0.15) is 11.5 Å². The Morgan fingerprint density at radius 1 is 1.04 bits per heavy atom. The third kappa shape index (κ3) is 3.30. The predicted molar refractivity (Wildman–Crippen MR) is 101 cm³/mol. The first-order valence-electron chi connectivity index (χ1n) is 8.58. The number of amidine groups is 1. The number of hydrogen-bond acceptors (Lipinski definition) is 9. The van der Waals surface area contributed by atoms with E-state index in [0.717, 1.165) is 17.1 Å². The van der Waals surface area contributed by atoms with E-state index in [9.17, 15) is 4.79 Å². The number of hydrazine groups is 1. The van der Waals surface area contributed by atoms with Gasteiger partial charge in [0.15, 0.2) is 11.5 Å². The average molecular weight is 379 g/mol. The van der Waals surface area contributed by atoms with E-state index in [1.807, 2.05) is 19.1 Å². The highest BCUT2D eigenvalue weighted by atomic mass is 16.7. The van der Waals surface area contributed by atoms with Gasteiger partial charge in [0.25, 0.3) is 0 Å². The highest BCUT2D eigenvalue weighted by molar-refractivity contribution is 6.02. The van der Waals surface area contributed by atoms with Crippen molar-refractivity contribution in [1.29, 1.82) is 0 Å². The Balaban J connectivity index is 1.65. The number of rotatable bonds is 5. The summed E-state index contributed by atoms with van der Waals surface area (Å²) in [6.07, 6.45) is 0. The number of benzene rings is 2. The number of hydrogen-bond donors (Lipinski definition) is 1. The maximum Gasteiger partial charge on any atom is 0.380 e. The van der Waals surface area contributed by atoms with E-state index < -0.39 is 5.97 Å². The summed E-state index contributed by atoms with van der Waals surface area (Å²) in [7, 11) is 1.60. The van der Waals surface area contributed by atoms with Crippen LogP contribution in [-0.4, -0.2) is 25.5 Å². The third-order valence-electron chi connectivity index (χ3n) is 4.06. The lowest BCUT2D eigenvalue weighted by Gasteiger charge is -2.15. The van der Waals surface area contributed by atoms with Gasteiger partial charge in [0, 0.05) is 5.56 Å². The van der Waals surface area contributed by atoms with E-state index in [-0.39, 0.29) is 11.5 Å². The number of nitrogens with zero attached hydrogens (tertiary/aromatic N) is 4. The van der Waals surface area contributed by atoms with Gasteiger partial charge in [0.05, 0.1) is 19.4 Å². The number of methoxy groups -OCH3 is 1. The quantitative estimate of drug-likeness (QED) is 0.802. The maximum atomic E-state index is 12.2. The second kappa shape index (κ2) is 7.49. The number of azo groups is 1. The topological polar surface area (TPSA) is 97.1 Å². The Morgan fingerprint density at radius 2 is 1.75 bits per heavy atom. The van der Waals surface area contributed by atoms with Crippen molar-refractivity contribution in [2.24, 2.45) is 15.2 Å². The fraction of sp³-hybridized carbons (Fsp3) is 0.158. The normalized spacial score (nSPS) is 18.3.